The van der Waals surface area contributed by atoms with Gasteiger partial charge in [0.1, 0.15) is 0 Å². The number of hydrogen-bond acceptors (Lipinski definition) is 5. The van der Waals surface area contributed by atoms with Crippen molar-refractivity contribution in [3.8, 4) is 0 Å². The molecule has 104 valence electrons. The monoisotopic (exact) mass is 265 g/mol. The van der Waals surface area contributed by atoms with Gasteiger partial charge in [0.2, 0.25) is 0 Å². The van der Waals surface area contributed by atoms with Gasteiger partial charge < -0.3 is 20.4 Å². The van der Waals surface area contributed by atoms with Crippen molar-refractivity contribution in [2.45, 2.75) is 25.6 Å². The SMILES string of the molecule is CCCNc1cnccc1C(=O)N1CC(O)C(O)C1. The highest BCUT2D eigenvalue weighted by Gasteiger charge is 2.33. The summed E-state index contributed by atoms with van der Waals surface area (Å²) in [7, 11) is 0. The minimum absolute atomic E-state index is 0.162. The highest BCUT2D eigenvalue weighted by atomic mass is 16.3. The van der Waals surface area contributed by atoms with Crippen LogP contribution < -0.4 is 5.32 Å². The van der Waals surface area contributed by atoms with E-state index in [1.165, 1.54) is 4.90 Å². The van der Waals surface area contributed by atoms with Gasteiger partial charge in [-0.05, 0) is 12.5 Å². The van der Waals surface area contributed by atoms with Crippen molar-refractivity contribution in [1.29, 1.82) is 0 Å². The van der Waals surface area contributed by atoms with Gasteiger partial charge >= 0.3 is 0 Å². The van der Waals surface area contributed by atoms with Gasteiger partial charge in [0.15, 0.2) is 0 Å². The van der Waals surface area contributed by atoms with Crippen LogP contribution in [0.3, 0.4) is 0 Å². The van der Waals surface area contributed by atoms with Crippen LogP contribution in [-0.4, -0.2) is 57.8 Å². The molecule has 0 radical (unpaired) electrons. The summed E-state index contributed by atoms with van der Waals surface area (Å²) in [6, 6.07) is 1.65. The first-order chi connectivity index (χ1) is 9.13. The third-order valence-corrected chi connectivity index (χ3v) is 3.16. The number of likely N-dealkylation sites (tertiary alicyclic amines) is 1. The molecule has 1 amide bonds. The van der Waals surface area contributed by atoms with Crippen molar-refractivity contribution < 1.29 is 15.0 Å². The summed E-state index contributed by atoms with van der Waals surface area (Å²) in [6.45, 7) is 3.13. The van der Waals surface area contributed by atoms with Crippen molar-refractivity contribution in [3.63, 3.8) is 0 Å². The van der Waals surface area contributed by atoms with Gasteiger partial charge in [0.05, 0.1) is 29.7 Å². The Hall–Kier alpha value is -1.66. The quantitative estimate of drug-likeness (QED) is 0.718. The highest BCUT2D eigenvalue weighted by Crippen LogP contribution is 2.19. The van der Waals surface area contributed by atoms with E-state index >= 15 is 0 Å². The first kappa shape index (κ1) is 13.8. The van der Waals surface area contributed by atoms with Crippen molar-refractivity contribution in [1.82, 2.24) is 9.88 Å². The second-order valence-corrected chi connectivity index (χ2v) is 4.69. The van der Waals surface area contributed by atoms with E-state index in [0.29, 0.717) is 11.3 Å². The van der Waals surface area contributed by atoms with Gasteiger partial charge in [0, 0.05) is 25.8 Å². The number of rotatable bonds is 4. The lowest BCUT2D eigenvalue weighted by molar-refractivity contribution is 0.0572. The van der Waals surface area contributed by atoms with E-state index in [1.54, 1.807) is 18.5 Å². The summed E-state index contributed by atoms with van der Waals surface area (Å²) in [5, 5.41) is 22.2. The fourth-order valence-electron chi connectivity index (χ4n) is 2.09. The predicted octanol–water partition coefficient (Wildman–Crippen LogP) is 0.0811. The number of amides is 1. The number of aliphatic hydroxyl groups excluding tert-OH is 2. The van der Waals surface area contributed by atoms with Crippen molar-refractivity contribution in [3.05, 3.63) is 24.0 Å². The average molecular weight is 265 g/mol. The molecule has 19 heavy (non-hydrogen) atoms. The number of aliphatic hydroxyl groups is 2. The lowest BCUT2D eigenvalue weighted by Gasteiger charge is -2.18. The van der Waals surface area contributed by atoms with Crippen LogP contribution in [0.5, 0.6) is 0 Å². The second kappa shape index (κ2) is 5.99. The molecule has 1 aromatic rings. The molecular weight excluding hydrogens is 246 g/mol. The van der Waals surface area contributed by atoms with Crippen LogP contribution in [0.4, 0.5) is 5.69 Å². The number of nitrogens with one attached hydrogen (secondary N) is 1. The van der Waals surface area contributed by atoms with E-state index in [9.17, 15) is 15.0 Å². The minimum atomic E-state index is -0.863. The van der Waals surface area contributed by atoms with E-state index in [2.05, 4.69) is 10.3 Å². The third kappa shape index (κ3) is 3.02. The standard InChI is InChI=1S/C13H19N3O3/c1-2-4-15-10-6-14-5-3-9(10)13(19)16-7-11(17)12(18)8-16/h3,5-6,11-12,15,17-18H,2,4,7-8H2,1H3. The molecule has 0 spiro atoms. The normalized spacial score (nSPS) is 22.6. The van der Waals surface area contributed by atoms with Gasteiger partial charge in [-0.15, -0.1) is 0 Å². The summed E-state index contributed by atoms with van der Waals surface area (Å²) >= 11 is 0. The fourth-order valence-corrected chi connectivity index (χ4v) is 2.09. The summed E-state index contributed by atoms with van der Waals surface area (Å²) in [4.78, 5) is 17.8. The van der Waals surface area contributed by atoms with E-state index < -0.39 is 12.2 Å². The molecule has 1 fully saturated rings. The molecule has 1 aliphatic heterocycles. The molecular formula is C13H19N3O3. The molecule has 2 rings (SSSR count). The number of nitrogens with zero attached hydrogens (tertiary/aromatic N) is 2. The molecule has 0 aromatic carbocycles. The average Bonchev–Trinajstić information content (AvgIpc) is 2.76. The molecule has 0 saturated carbocycles. The third-order valence-electron chi connectivity index (χ3n) is 3.16. The van der Waals surface area contributed by atoms with E-state index in [-0.39, 0.29) is 19.0 Å². The summed E-state index contributed by atoms with van der Waals surface area (Å²) in [5.74, 6) is -0.198. The van der Waals surface area contributed by atoms with Crippen LogP contribution in [0.1, 0.15) is 23.7 Å². The molecule has 2 heterocycles. The van der Waals surface area contributed by atoms with Crippen LogP contribution in [0.25, 0.3) is 0 Å². The Morgan fingerprint density at radius 1 is 1.47 bits per heavy atom. The van der Waals surface area contributed by atoms with E-state index in [1.807, 2.05) is 6.92 Å². The number of aromatic nitrogens is 1. The van der Waals surface area contributed by atoms with Gasteiger partial charge in [-0.25, -0.2) is 0 Å². The zero-order chi connectivity index (χ0) is 13.8. The van der Waals surface area contributed by atoms with Gasteiger partial charge in [-0.1, -0.05) is 6.92 Å². The smallest absolute Gasteiger partial charge is 0.256 e. The van der Waals surface area contributed by atoms with Crippen LogP contribution in [0.15, 0.2) is 18.5 Å². The topological polar surface area (TPSA) is 85.7 Å². The molecule has 2 atom stereocenters. The number of carbonyl (C=O) groups is 1. The number of hydrogen-bond donors (Lipinski definition) is 3. The van der Waals surface area contributed by atoms with Crippen molar-refractivity contribution in [2.75, 3.05) is 25.0 Å². The Balaban J connectivity index is 2.15. The molecule has 6 nitrogen and oxygen atoms in total. The zero-order valence-corrected chi connectivity index (χ0v) is 10.9. The van der Waals surface area contributed by atoms with Crippen molar-refractivity contribution in [2.24, 2.45) is 0 Å². The molecule has 1 aliphatic rings. The van der Waals surface area contributed by atoms with Crippen molar-refractivity contribution >= 4 is 11.6 Å². The Labute approximate surface area is 112 Å². The predicted molar refractivity (Wildman–Crippen MR) is 70.9 cm³/mol. The molecule has 2 unspecified atom stereocenters. The maximum Gasteiger partial charge on any atom is 0.256 e. The molecule has 0 bridgehead atoms. The van der Waals surface area contributed by atoms with Crippen LogP contribution in [0.2, 0.25) is 0 Å². The summed E-state index contributed by atoms with van der Waals surface area (Å²) in [6.07, 6.45) is 2.40. The Kier molecular flexibility index (Phi) is 4.34. The summed E-state index contributed by atoms with van der Waals surface area (Å²) < 4.78 is 0. The maximum atomic E-state index is 12.4. The molecule has 0 aliphatic carbocycles. The first-order valence-corrected chi connectivity index (χ1v) is 6.46. The zero-order valence-electron chi connectivity index (χ0n) is 10.9. The number of carbonyl (C=O) groups excluding carboxylic acids is 1. The Morgan fingerprint density at radius 2 is 2.16 bits per heavy atom. The number of pyridine rings is 1. The van der Waals surface area contributed by atoms with E-state index in [0.717, 1.165) is 13.0 Å². The maximum absolute atomic E-state index is 12.4. The lowest BCUT2D eigenvalue weighted by Crippen LogP contribution is -2.30. The van der Waals surface area contributed by atoms with Crippen LogP contribution in [-0.2, 0) is 0 Å². The highest BCUT2D eigenvalue weighted by molar-refractivity contribution is 5.99. The van der Waals surface area contributed by atoms with Crippen LogP contribution >= 0.6 is 0 Å². The van der Waals surface area contributed by atoms with E-state index in [4.69, 9.17) is 0 Å². The number of anilines is 1. The Morgan fingerprint density at radius 3 is 2.79 bits per heavy atom. The second-order valence-electron chi connectivity index (χ2n) is 4.69. The number of β-amino-alcohol motifs (C(OH)–C–C–N with tert-alkyl or cyclic N) is 2. The fraction of sp³-hybridized carbons (Fsp3) is 0.538. The largest absolute Gasteiger partial charge is 0.388 e. The summed E-state index contributed by atoms with van der Waals surface area (Å²) in [5.41, 5.74) is 1.20. The first-order valence-electron chi connectivity index (χ1n) is 6.46. The van der Waals surface area contributed by atoms with Gasteiger partial charge in [0.25, 0.3) is 5.91 Å². The molecule has 6 heteroatoms. The van der Waals surface area contributed by atoms with Gasteiger partial charge in [-0.2, -0.15) is 0 Å². The lowest BCUT2D eigenvalue weighted by atomic mass is 10.2. The molecule has 1 saturated heterocycles. The Bertz CT molecular complexity index is 443. The minimum Gasteiger partial charge on any atom is -0.388 e. The molecule has 1 aromatic heterocycles. The van der Waals surface area contributed by atoms with Gasteiger partial charge in [-0.3, -0.25) is 9.78 Å². The molecule has 3 N–H and O–H groups in total. The van der Waals surface area contributed by atoms with Crippen LogP contribution in [0, 0.1) is 0 Å².